The summed E-state index contributed by atoms with van der Waals surface area (Å²) in [6.07, 6.45) is 2.08. The number of ether oxygens (including phenoxy) is 2. The molecule has 29 heavy (non-hydrogen) atoms. The average Bonchev–Trinajstić information content (AvgIpc) is 3.19. The van der Waals surface area contributed by atoms with Crippen molar-refractivity contribution in [2.45, 2.75) is 32.8 Å². The summed E-state index contributed by atoms with van der Waals surface area (Å²) in [5.74, 6) is 0.225. The fourth-order valence-corrected chi connectivity index (χ4v) is 4.00. The first-order valence-corrected chi connectivity index (χ1v) is 10.4. The van der Waals surface area contributed by atoms with Crippen molar-refractivity contribution in [1.82, 2.24) is 5.32 Å². The first kappa shape index (κ1) is 21.3. The number of aryl methyl sites for hydroxylation is 2. The number of nitrogens with one attached hydrogen (secondary N) is 2. The molecule has 0 saturated carbocycles. The van der Waals surface area contributed by atoms with Crippen molar-refractivity contribution in [3.05, 3.63) is 57.6 Å². The normalized spacial score (nSPS) is 15.8. The number of benzene rings is 2. The molecule has 1 fully saturated rings. The van der Waals surface area contributed by atoms with Crippen molar-refractivity contribution in [2.75, 3.05) is 25.1 Å². The molecule has 7 heteroatoms. The van der Waals surface area contributed by atoms with Crippen LogP contribution in [0.5, 0.6) is 5.75 Å². The Morgan fingerprint density at radius 2 is 1.97 bits per heavy atom. The highest BCUT2D eigenvalue weighted by Gasteiger charge is 2.17. The van der Waals surface area contributed by atoms with E-state index in [0.717, 1.165) is 35.0 Å². The van der Waals surface area contributed by atoms with Crippen molar-refractivity contribution >= 4 is 33.4 Å². The highest BCUT2D eigenvalue weighted by molar-refractivity contribution is 9.10. The molecule has 1 atom stereocenters. The Morgan fingerprint density at radius 3 is 2.66 bits per heavy atom. The second-order valence-corrected chi connectivity index (χ2v) is 8.05. The van der Waals surface area contributed by atoms with Gasteiger partial charge in [-0.1, -0.05) is 22.0 Å². The van der Waals surface area contributed by atoms with Gasteiger partial charge >= 0.3 is 0 Å². The fraction of sp³-hybridized carbons (Fsp3) is 0.364. The Balaban J connectivity index is 1.54. The molecule has 3 rings (SSSR count). The molecule has 1 heterocycles. The Morgan fingerprint density at radius 1 is 1.21 bits per heavy atom. The van der Waals surface area contributed by atoms with Crippen molar-refractivity contribution in [2.24, 2.45) is 0 Å². The summed E-state index contributed by atoms with van der Waals surface area (Å²) >= 11 is 3.45. The largest absolute Gasteiger partial charge is 0.483 e. The fourth-order valence-electron chi connectivity index (χ4n) is 3.31. The number of carbonyl (C=O) groups excluding carboxylic acids is 2. The molecule has 1 saturated heterocycles. The van der Waals surface area contributed by atoms with Gasteiger partial charge in [-0.2, -0.15) is 0 Å². The van der Waals surface area contributed by atoms with Crippen LogP contribution in [-0.4, -0.2) is 37.7 Å². The lowest BCUT2D eigenvalue weighted by atomic mass is 10.1. The van der Waals surface area contributed by atoms with Crippen molar-refractivity contribution in [1.29, 1.82) is 0 Å². The van der Waals surface area contributed by atoms with Crippen LogP contribution in [-0.2, 0) is 9.53 Å². The SMILES string of the molecule is Cc1cc(Br)cc(C)c1OCC(=O)Nc1cccc(C(=O)NCC2CCCO2)c1. The minimum atomic E-state index is -0.288. The third-order valence-corrected chi connectivity index (χ3v) is 5.15. The van der Waals surface area contributed by atoms with Crippen LogP contribution >= 0.6 is 15.9 Å². The smallest absolute Gasteiger partial charge is 0.262 e. The minimum absolute atomic E-state index is 0.0875. The Kier molecular flexibility index (Phi) is 7.28. The number of amides is 2. The van der Waals surface area contributed by atoms with Gasteiger partial charge in [-0.25, -0.2) is 0 Å². The van der Waals surface area contributed by atoms with Gasteiger partial charge in [0.25, 0.3) is 11.8 Å². The standard InChI is InChI=1S/C22H25BrN2O4/c1-14-9-17(23)10-15(2)21(14)29-13-20(26)25-18-6-3-5-16(11-18)22(27)24-12-19-7-4-8-28-19/h3,5-6,9-11,19H,4,7-8,12-13H2,1-2H3,(H,24,27)(H,25,26). The average molecular weight is 461 g/mol. The maximum Gasteiger partial charge on any atom is 0.262 e. The maximum atomic E-state index is 12.3. The molecule has 2 amide bonds. The zero-order valence-corrected chi connectivity index (χ0v) is 18.2. The molecule has 0 spiro atoms. The third kappa shape index (κ3) is 6.05. The molecule has 0 bridgehead atoms. The van der Waals surface area contributed by atoms with Crippen LogP contribution in [0.2, 0.25) is 0 Å². The molecule has 6 nitrogen and oxygen atoms in total. The Labute approximate surface area is 179 Å². The second-order valence-electron chi connectivity index (χ2n) is 7.13. The predicted octanol–water partition coefficient (Wildman–Crippen LogP) is 3.99. The van der Waals surface area contributed by atoms with Gasteiger partial charge in [0.1, 0.15) is 5.75 Å². The molecule has 1 unspecified atom stereocenters. The van der Waals surface area contributed by atoms with Gasteiger partial charge in [-0.15, -0.1) is 0 Å². The first-order valence-electron chi connectivity index (χ1n) is 9.61. The van der Waals surface area contributed by atoms with E-state index in [9.17, 15) is 9.59 Å². The van der Waals surface area contributed by atoms with Gasteiger partial charge in [0, 0.05) is 28.9 Å². The molecule has 2 N–H and O–H groups in total. The monoisotopic (exact) mass is 460 g/mol. The summed E-state index contributed by atoms with van der Waals surface area (Å²) in [5, 5.41) is 5.66. The summed E-state index contributed by atoms with van der Waals surface area (Å²) in [7, 11) is 0. The van der Waals surface area contributed by atoms with Gasteiger partial charge < -0.3 is 20.1 Å². The molecule has 0 aliphatic carbocycles. The number of anilines is 1. The van der Waals surface area contributed by atoms with Crippen LogP contribution in [0.4, 0.5) is 5.69 Å². The summed E-state index contributed by atoms with van der Waals surface area (Å²) in [6.45, 7) is 5.00. The van der Waals surface area contributed by atoms with E-state index in [1.807, 2.05) is 26.0 Å². The van der Waals surface area contributed by atoms with Crippen LogP contribution in [0.25, 0.3) is 0 Å². The summed E-state index contributed by atoms with van der Waals surface area (Å²) < 4.78 is 12.2. The minimum Gasteiger partial charge on any atom is -0.483 e. The third-order valence-electron chi connectivity index (χ3n) is 4.70. The van der Waals surface area contributed by atoms with Crippen LogP contribution in [0.3, 0.4) is 0 Å². The molecule has 154 valence electrons. The first-order chi connectivity index (χ1) is 13.9. The molecule has 1 aliphatic rings. The lowest BCUT2D eigenvalue weighted by Crippen LogP contribution is -2.31. The van der Waals surface area contributed by atoms with E-state index in [1.165, 1.54) is 0 Å². The van der Waals surface area contributed by atoms with Crippen LogP contribution < -0.4 is 15.4 Å². The Bertz CT molecular complexity index is 871. The molecular formula is C22H25BrN2O4. The van der Waals surface area contributed by atoms with E-state index in [-0.39, 0.29) is 24.5 Å². The van der Waals surface area contributed by atoms with Gasteiger partial charge in [0.15, 0.2) is 6.61 Å². The number of halogens is 1. The van der Waals surface area contributed by atoms with E-state index in [2.05, 4.69) is 26.6 Å². The zero-order chi connectivity index (χ0) is 20.8. The van der Waals surface area contributed by atoms with Gasteiger partial charge in [0.2, 0.25) is 0 Å². The van der Waals surface area contributed by atoms with Crippen molar-refractivity contribution in [3.8, 4) is 5.75 Å². The van der Waals surface area contributed by atoms with E-state index in [4.69, 9.17) is 9.47 Å². The van der Waals surface area contributed by atoms with Gasteiger partial charge in [0.05, 0.1) is 6.10 Å². The number of hydrogen-bond donors (Lipinski definition) is 2. The van der Waals surface area contributed by atoms with E-state index < -0.39 is 0 Å². The van der Waals surface area contributed by atoms with Crippen LogP contribution in [0, 0.1) is 13.8 Å². The van der Waals surface area contributed by atoms with Crippen molar-refractivity contribution < 1.29 is 19.1 Å². The van der Waals surface area contributed by atoms with E-state index >= 15 is 0 Å². The number of rotatable bonds is 7. The van der Waals surface area contributed by atoms with Crippen molar-refractivity contribution in [3.63, 3.8) is 0 Å². The van der Waals surface area contributed by atoms with Gasteiger partial charge in [-0.05, 0) is 68.1 Å². The second kappa shape index (κ2) is 9.89. The molecular weight excluding hydrogens is 436 g/mol. The van der Waals surface area contributed by atoms with E-state index in [0.29, 0.717) is 23.5 Å². The zero-order valence-electron chi connectivity index (χ0n) is 16.6. The molecule has 0 radical (unpaired) electrons. The summed E-state index contributed by atoms with van der Waals surface area (Å²) in [6, 6.07) is 10.7. The predicted molar refractivity (Wildman–Crippen MR) is 115 cm³/mol. The molecule has 2 aromatic carbocycles. The summed E-state index contributed by atoms with van der Waals surface area (Å²) in [5.41, 5.74) is 2.94. The van der Waals surface area contributed by atoms with Gasteiger partial charge in [-0.3, -0.25) is 9.59 Å². The maximum absolute atomic E-state index is 12.3. The molecule has 2 aromatic rings. The quantitative estimate of drug-likeness (QED) is 0.654. The lowest BCUT2D eigenvalue weighted by Gasteiger charge is -2.13. The highest BCUT2D eigenvalue weighted by Crippen LogP contribution is 2.27. The highest BCUT2D eigenvalue weighted by atomic mass is 79.9. The molecule has 0 aromatic heterocycles. The molecule has 1 aliphatic heterocycles. The van der Waals surface area contributed by atoms with Crippen LogP contribution in [0.1, 0.15) is 34.3 Å². The van der Waals surface area contributed by atoms with E-state index in [1.54, 1.807) is 24.3 Å². The lowest BCUT2D eigenvalue weighted by molar-refractivity contribution is -0.118. The topological polar surface area (TPSA) is 76.7 Å². The number of carbonyl (C=O) groups is 2. The summed E-state index contributed by atoms with van der Waals surface area (Å²) in [4.78, 5) is 24.6. The van der Waals surface area contributed by atoms with Crippen LogP contribution in [0.15, 0.2) is 40.9 Å². The Hall–Kier alpha value is -2.38. The number of hydrogen-bond acceptors (Lipinski definition) is 4.